The molecule has 0 aliphatic carbocycles. The summed E-state index contributed by atoms with van der Waals surface area (Å²) in [5.74, 6) is -0.0276. The first-order valence-corrected chi connectivity index (χ1v) is 9.50. The lowest BCUT2D eigenvalue weighted by Gasteiger charge is -2.13. The summed E-state index contributed by atoms with van der Waals surface area (Å²) in [5.41, 5.74) is 1.36. The van der Waals surface area contributed by atoms with Gasteiger partial charge in [-0.25, -0.2) is 9.79 Å². The molecular weight excluding hydrogens is 442 g/mol. The van der Waals surface area contributed by atoms with Crippen molar-refractivity contribution in [3.63, 3.8) is 0 Å². The van der Waals surface area contributed by atoms with Crippen LogP contribution in [-0.4, -0.2) is 32.1 Å². The van der Waals surface area contributed by atoms with Crippen molar-refractivity contribution in [2.45, 2.75) is 13.3 Å². The summed E-state index contributed by atoms with van der Waals surface area (Å²) in [6, 6.07) is 10.5. The number of cyclic esters (lactones) is 1. The highest BCUT2D eigenvalue weighted by Gasteiger charge is 2.26. The lowest BCUT2D eigenvalue weighted by molar-refractivity contribution is -0.134. The van der Waals surface area contributed by atoms with E-state index in [2.05, 4.69) is 20.9 Å². The van der Waals surface area contributed by atoms with Crippen LogP contribution in [0.15, 0.2) is 51.6 Å². The Labute approximate surface area is 176 Å². The lowest BCUT2D eigenvalue weighted by atomic mass is 10.1. The Balaban J connectivity index is 2.00. The maximum Gasteiger partial charge on any atom is 0.363 e. The van der Waals surface area contributed by atoms with Crippen LogP contribution in [0.25, 0.3) is 6.08 Å². The third-order valence-electron chi connectivity index (χ3n) is 4.02. The van der Waals surface area contributed by atoms with Crippen LogP contribution in [0.4, 0.5) is 0 Å². The minimum Gasteiger partial charge on any atom is -0.493 e. The number of rotatable bonds is 6. The molecule has 0 unspecified atom stereocenters. The van der Waals surface area contributed by atoms with Crippen molar-refractivity contribution in [3.8, 4) is 17.2 Å². The molecule has 0 radical (unpaired) electrons. The lowest BCUT2D eigenvalue weighted by Crippen LogP contribution is -2.08. The maximum absolute atomic E-state index is 12.3. The zero-order valence-corrected chi connectivity index (χ0v) is 17.6. The molecule has 3 rings (SSSR count). The van der Waals surface area contributed by atoms with Crippen molar-refractivity contribution in [1.29, 1.82) is 0 Å². The van der Waals surface area contributed by atoms with Gasteiger partial charge in [0.05, 0.1) is 19.8 Å². The second-order valence-electron chi connectivity index (χ2n) is 5.90. The number of ether oxygens (including phenoxy) is 4. The first kappa shape index (κ1) is 20.6. The van der Waals surface area contributed by atoms with Crippen molar-refractivity contribution < 1.29 is 28.5 Å². The predicted molar refractivity (Wildman–Crippen MR) is 110 cm³/mol. The fourth-order valence-electron chi connectivity index (χ4n) is 2.59. The summed E-state index contributed by atoms with van der Waals surface area (Å²) in [4.78, 5) is 28.3. The molecule has 29 heavy (non-hydrogen) atoms. The van der Waals surface area contributed by atoms with Crippen molar-refractivity contribution in [3.05, 3.63) is 57.7 Å². The van der Waals surface area contributed by atoms with E-state index in [1.807, 2.05) is 18.2 Å². The monoisotopic (exact) mass is 459 g/mol. The summed E-state index contributed by atoms with van der Waals surface area (Å²) in [7, 11) is 2.89. The topological polar surface area (TPSA) is 83.4 Å². The molecular formula is C21H18BrNO6. The normalized spacial score (nSPS) is 14.4. The van der Waals surface area contributed by atoms with Gasteiger partial charge in [-0.3, -0.25) is 4.79 Å². The minimum absolute atomic E-state index is 0.123. The number of aliphatic imine (C=N–C) groups is 1. The van der Waals surface area contributed by atoms with Gasteiger partial charge in [0.25, 0.3) is 0 Å². The molecule has 1 heterocycles. The van der Waals surface area contributed by atoms with E-state index in [-0.39, 0.29) is 23.8 Å². The van der Waals surface area contributed by atoms with Gasteiger partial charge in [-0.15, -0.1) is 0 Å². The van der Waals surface area contributed by atoms with Gasteiger partial charge < -0.3 is 18.9 Å². The van der Waals surface area contributed by atoms with E-state index in [0.717, 1.165) is 4.47 Å². The van der Waals surface area contributed by atoms with Crippen LogP contribution in [0.2, 0.25) is 0 Å². The zero-order chi connectivity index (χ0) is 21.0. The molecule has 0 saturated carbocycles. The number of esters is 2. The molecule has 1 aliphatic heterocycles. The molecule has 2 aromatic rings. The largest absolute Gasteiger partial charge is 0.493 e. The number of carbonyl (C=O) groups excluding carboxylic acids is 2. The van der Waals surface area contributed by atoms with Gasteiger partial charge >= 0.3 is 11.9 Å². The number of hydrogen-bond acceptors (Lipinski definition) is 7. The average Bonchev–Trinajstić information content (AvgIpc) is 3.08. The molecule has 8 heteroatoms. The van der Waals surface area contributed by atoms with Gasteiger partial charge in [-0.05, 0) is 51.8 Å². The van der Waals surface area contributed by atoms with E-state index in [4.69, 9.17) is 18.9 Å². The minimum atomic E-state index is -0.574. The molecule has 0 amide bonds. The molecule has 0 fully saturated rings. The number of hydrogen-bond donors (Lipinski definition) is 0. The van der Waals surface area contributed by atoms with Crippen molar-refractivity contribution in [2.24, 2.45) is 4.99 Å². The van der Waals surface area contributed by atoms with E-state index in [1.54, 1.807) is 31.2 Å². The molecule has 0 N–H and O–H groups in total. The third-order valence-corrected chi connectivity index (χ3v) is 4.71. The first-order chi connectivity index (χ1) is 14.0. The van der Waals surface area contributed by atoms with Crippen molar-refractivity contribution in [1.82, 2.24) is 0 Å². The number of benzene rings is 2. The molecule has 7 nitrogen and oxygen atoms in total. The number of nitrogens with zero attached hydrogens (tertiary/aromatic N) is 1. The third kappa shape index (κ3) is 4.48. The first-order valence-electron chi connectivity index (χ1n) is 8.71. The van der Waals surface area contributed by atoms with E-state index in [1.165, 1.54) is 14.2 Å². The quantitative estimate of drug-likeness (QED) is 0.366. The smallest absolute Gasteiger partial charge is 0.363 e. The SMILES string of the molecule is CCC(=O)Oc1c(OC)cc(/C=C2\N=C(c3ccccc3Br)OC2=O)cc1OC. The molecule has 1 aliphatic rings. The Morgan fingerprint density at radius 3 is 2.41 bits per heavy atom. The number of methoxy groups -OCH3 is 2. The van der Waals surface area contributed by atoms with E-state index in [9.17, 15) is 9.59 Å². The Morgan fingerprint density at radius 2 is 1.83 bits per heavy atom. The summed E-state index contributed by atoms with van der Waals surface area (Å²) < 4.78 is 22.0. The zero-order valence-electron chi connectivity index (χ0n) is 16.0. The molecule has 0 aromatic heterocycles. The van der Waals surface area contributed by atoms with E-state index in [0.29, 0.717) is 22.6 Å². The molecule has 0 bridgehead atoms. The van der Waals surface area contributed by atoms with Crippen LogP contribution < -0.4 is 14.2 Å². The average molecular weight is 460 g/mol. The highest BCUT2D eigenvalue weighted by Crippen LogP contribution is 2.39. The van der Waals surface area contributed by atoms with Gasteiger partial charge in [-0.2, -0.15) is 0 Å². The Morgan fingerprint density at radius 1 is 1.17 bits per heavy atom. The standard InChI is InChI=1S/C21H18BrNO6/c1-4-18(24)28-19-16(26-2)10-12(11-17(19)27-3)9-15-21(25)29-20(23-15)13-7-5-6-8-14(13)22/h5-11H,4H2,1-3H3/b15-9-. The summed E-state index contributed by atoms with van der Waals surface area (Å²) in [6.45, 7) is 1.69. The second kappa shape index (κ2) is 8.91. The Hall–Kier alpha value is -3.13. The van der Waals surface area contributed by atoms with E-state index < -0.39 is 11.9 Å². The van der Waals surface area contributed by atoms with Crippen LogP contribution in [0.5, 0.6) is 17.2 Å². The van der Waals surface area contributed by atoms with Crippen LogP contribution in [0, 0.1) is 0 Å². The van der Waals surface area contributed by atoms with Crippen LogP contribution in [-0.2, 0) is 14.3 Å². The van der Waals surface area contributed by atoms with Crippen molar-refractivity contribution >= 4 is 39.8 Å². The fraction of sp³-hybridized carbons (Fsp3) is 0.190. The highest BCUT2D eigenvalue weighted by molar-refractivity contribution is 9.10. The van der Waals surface area contributed by atoms with Gasteiger partial charge in [0.1, 0.15) is 0 Å². The van der Waals surface area contributed by atoms with Gasteiger partial charge in [0, 0.05) is 10.9 Å². The maximum atomic E-state index is 12.3. The molecule has 0 spiro atoms. The van der Waals surface area contributed by atoms with Crippen LogP contribution >= 0.6 is 15.9 Å². The second-order valence-corrected chi connectivity index (χ2v) is 6.75. The molecule has 0 atom stereocenters. The summed E-state index contributed by atoms with van der Waals surface area (Å²) >= 11 is 3.42. The molecule has 2 aromatic carbocycles. The van der Waals surface area contributed by atoms with Crippen molar-refractivity contribution in [2.75, 3.05) is 14.2 Å². The number of carbonyl (C=O) groups is 2. The fourth-order valence-corrected chi connectivity index (χ4v) is 3.04. The highest BCUT2D eigenvalue weighted by atomic mass is 79.9. The molecule has 0 saturated heterocycles. The van der Waals surface area contributed by atoms with Crippen LogP contribution in [0.3, 0.4) is 0 Å². The number of halogens is 1. The Kier molecular flexibility index (Phi) is 6.33. The molecule has 150 valence electrons. The van der Waals surface area contributed by atoms with Gasteiger partial charge in [0.15, 0.2) is 17.2 Å². The summed E-state index contributed by atoms with van der Waals surface area (Å²) in [5, 5.41) is 0. The van der Waals surface area contributed by atoms with Gasteiger partial charge in [-0.1, -0.05) is 19.1 Å². The van der Waals surface area contributed by atoms with Gasteiger partial charge in [0.2, 0.25) is 11.6 Å². The van der Waals surface area contributed by atoms with Crippen LogP contribution in [0.1, 0.15) is 24.5 Å². The van der Waals surface area contributed by atoms with E-state index >= 15 is 0 Å². The Bertz CT molecular complexity index is 1000. The predicted octanol–water partition coefficient (Wildman–Crippen LogP) is 4.13. The summed E-state index contributed by atoms with van der Waals surface area (Å²) in [6.07, 6.45) is 1.75.